The molecule has 1 unspecified atom stereocenters. The van der Waals surface area contributed by atoms with Crippen LogP contribution in [0, 0.1) is 5.41 Å². The van der Waals surface area contributed by atoms with Gasteiger partial charge in [-0.15, -0.1) is 0 Å². The number of benzene rings is 1. The van der Waals surface area contributed by atoms with Crippen LogP contribution in [0.25, 0.3) is 6.08 Å². The summed E-state index contributed by atoms with van der Waals surface area (Å²) in [5, 5.41) is 0. The Morgan fingerprint density at radius 2 is 1.92 bits per heavy atom. The average Bonchev–Trinajstić information content (AvgIpc) is 2.45. The van der Waals surface area contributed by atoms with Gasteiger partial charge < -0.3 is 0 Å². The van der Waals surface area contributed by atoms with E-state index in [1.807, 2.05) is 12.1 Å². The highest BCUT2D eigenvalue weighted by Crippen LogP contribution is 2.41. The first-order chi connectivity index (χ1) is 11.1. The highest BCUT2D eigenvalue weighted by Gasteiger charge is 2.39. The quantitative estimate of drug-likeness (QED) is 0.542. The Kier molecular flexibility index (Phi) is 5.62. The zero-order valence-electron chi connectivity index (χ0n) is 15.0. The predicted octanol–water partition coefficient (Wildman–Crippen LogP) is 7.28. The van der Waals surface area contributed by atoms with E-state index in [0.29, 0.717) is 5.56 Å². The molecule has 0 heterocycles. The second-order valence-corrected chi connectivity index (χ2v) is 7.44. The predicted molar refractivity (Wildman–Crippen MR) is 94.9 cm³/mol. The molecule has 0 saturated carbocycles. The minimum atomic E-state index is -4.19. The van der Waals surface area contributed by atoms with E-state index in [-0.39, 0.29) is 11.8 Å². The fourth-order valence-corrected chi connectivity index (χ4v) is 3.73. The summed E-state index contributed by atoms with van der Waals surface area (Å²) in [6.45, 7) is 8.22. The molecule has 1 aliphatic rings. The molecule has 0 radical (unpaired) electrons. The number of halogens is 3. The zero-order chi connectivity index (χ0) is 18.0. The highest BCUT2D eigenvalue weighted by molar-refractivity contribution is 5.56. The topological polar surface area (TPSA) is 0 Å². The van der Waals surface area contributed by atoms with Crippen LogP contribution in [-0.4, -0.2) is 6.18 Å². The van der Waals surface area contributed by atoms with Gasteiger partial charge in [0.15, 0.2) is 0 Å². The molecule has 0 bridgehead atoms. The lowest BCUT2D eigenvalue weighted by atomic mass is 9.72. The van der Waals surface area contributed by atoms with Crippen LogP contribution in [0.1, 0.15) is 70.4 Å². The maximum absolute atomic E-state index is 13.1. The molecule has 0 aromatic heterocycles. The van der Waals surface area contributed by atoms with Crippen LogP contribution in [0.2, 0.25) is 0 Å². The van der Waals surface area contributed by atoms with E-state index in [4.69, 9.17) is 0 Å². The Hall–Kier alpha value is -1.51. The molecule has 0 nitrogen and oxygen atoms in total. The molecular weight excluding hydrogens is 309 g/mol. The molecule has 1 aromatic rings. The van der Waals surface area contributed by atoms with E-state index in [1.54, 1.807) is 25.1 Å². The summed E-state index contributed by atoms with van der Waals surface area (Å²) < 4.78 is 39.4. The summed E-state index contributed by atoms with van der Waals surface area (Å²) >= 11 is 0. The lowest BCUT2D eigenvalue weighted by Gasteiger charge is -2.32. The van der Waals surface area contributed by atoms with E-state index in [2.05, 4.69) is 26.8 Å². The minimum absolute atomic E-state index is 0.0635. The lowest BCUT2D eigenvalue weighted by molar-refractivity contribution is -0.151. The average molecular weight is 336 g/mol. The van der Waals surface area contributed by atoms with Crippen LogP contribution < -0.4 is 0 Å². The molecule has 0 saturated heterocycles. The molecular formula is C21H27F3. The van der Waals surface area contributed by atoms with Crippen molar-refractivity contribution in [3.8, 4) is 0 Å². The van der Waals surface area contributed by atoms with Gasteiger partial charge >= 0.3 is 6.18 Å². The Labute approximate surface area is 143 Å². The standard InChI is InChI=1S/C21H27F3/c1-5-18(21(22,23)24)17-10-6-9-16(14-17)11-12-19-15(2)8-7-13-20(19,3)4/h6,9-12,14,18H,5,7-8,13H2,1-4H3. The number of hydrogen-bond acceptors (Lipinski definition) is 0. The molecule has 0 N–H and O–H groups in total. The first-order valence-electron chi connectivity index (χ1n) is 8.70. The Balaban J connectivity index is 2.30. The van der Waals surface area contributed by atoms with Crippen molar-refractivity contribution in [2.45, 2.75) is 65.5 Å². The monoisotopic (exact) mass is 336 g/mol. The summed E-state index contributed by atoms with van der Waals surface area (Å²) in [6.07, 6.45) is 3.39. The van der Waals surface area contributed by atoms with E-state index >= 15 is 0 Å². The van der Waals surface area contributed by atoms with Crippen molar-refractivity contribution in [1.82, 2.24) is 0 Å². The smallest absolute Gasteiger partial charge is 0.170 e. The summed E-state index contributed by atoms with van der Waals surface area (Å²) in [5.41, 5.74) is 4.02. The van der Waals surface area contributed by atoms with Crippen LogP contribution in [0.3, 0.4) is 0 Å². The molecule has 0 fully saturated rings. The summed E-state index contributed by atoms with van der Waals surface area (Å²) in [6, 6.07) is 6.84. The van der Waals surface area contributed by atoms with Gasteiger partial charge in [0.05, 0.1) is 5.92 Å². The molecule has 0 amide bonds. The maximum atomic E-state index is 13.1. The van der Waals surface area contributed by atoms with Gasteiger partial charge in [0, 0.05) is 0 Å². The van der Waals surface area contributed by atoms with E-state index in [1.165, 1.54) is 17.6 Å². The summed E-state index contributed by atoms with van der Waals surface area (Å²) in [4.78, 5) is 0. The van der Waals surface area contributed by atoms with Crippen LogP contribution in [0.4, 0.5) is 13.2 Å². The second-order valence-electron chi connectivity index (χ2n) is 7.44. The van der Waals surface area contributed by atoms with Gasteiger partial charge in [0.25, 0.3) is 0 Å². The number of rotatable bonds is 4. The number of alkyl halides is 3. The molecule has 2 rings (SSSR count). The lowest BCUT2D eigenvalue weighted by Crippen LogP contribution is -2.20. The third-order valence-electron chi connectivity index (χ3n) is 5.10. The van der Waals surface area contributed by atoms with Gasteiger partial charge in [0.2, 0.25) is 0 Å². The molecule has 0 spiro atoms. The van der Waals surface area contributed by atoms with Gasteiger partial charge in [-0.1, -0.05) is 62.8 Å². The van der Waals surface area contributed by atoms with Crippen molar-refractivity contribution in [1.29, 1.82) is 0 Å². The zero-order valence-corrected chi connectivity index (χ0v) is 15.0. The van der Waals surface area contributed by atoms with Crippen LogP contribution in [-0.2, 0) is 0 Å². The second kappa shape index (κ2) is 7.16. The SMILES string of the molecule is CCC(c1cccc(C=CC2=C(C)CCCC2(C)C)c1)C(F)(F)F. The normalized spacial score (nSPS) is 19.8. The van der Waals surface area contributed by atoms with E-state index in [9.17, 15) is 13.2 Å². The van der Waals surface area contributed by atoms with Gasteiger partial charge in [-0.05, 0) is 54.7 Å². The molecule has 132 valence electrons. The van der Waals surface area contributed by atoms with Crippen LogP contribution in [0.5, 0.6) is 0 Å². The van der Waals surface area contributed by atoms with Crippen LogP contribution >= 0.6 is 0 Å². The van der Waals surface area contributed by atoms with Crippen molar-refractivity contribution in [2.24, 2.45) is 5.41 Å². The number of allylic oxidation sites excluding steroid dienone is 3. The fourth-order valence-electron chi connectivity index (χ4n) is 3.73. The first kappa shape index (κ1) is 18.8. The minimum Gasteiger partial charge on any atom is -0.170 e. The fraction of sp³-hybridized carbons (Fsp3) is 0.524. The van der Waals surface area contributed by atoms with E-state index < -0.39 is 12.1 Å². The molecule has 1 aromatic carbocycles. The maximum Gasteiger partial charge on any atom is 0.395 e. The van der Waals surface area contributed by atoms with Crippen molar-refractivity contribution in [3.63, 3.8) is 0 Å². The molecule has 3 heteroatoms. The first-order valence-corrected chi connectivity index (χ1v) is 8.70. The third kappa shape index (κ3) is 4.31. The van der Waals surface area contributed by atoms with Crippen molar-refractivity contribution < 1.29 is 13.2 Å². The largest absolute Gasteiger partial charge is 0.395 e. The molecule has 24 heavy (non-hydrogen) atoms. The van der Waals surface area contributed by atoms with Gasteiger partial charge in [-0.3, -0.25) is 0 Å². The molecule has 0 aliphatic heterocycles. The number of hydrogen-bond donors (Lipinski definition) is 0. The Bertz CT molecular complexity index is 633. The summed E-state index contributed by atoms with van der Waals surface area (Å²) in [7, 11) is 0. The van der Waals surface area contributed by atoms with Crippen LogP contribution in [0.15, 0.2) is 41.5 Å². The van der Waals surface area contributed by atoms with Crippen molar-refractivity contribution in [3.05, 3.63) is 52.6 Å². The van der Waals surface area contributed by atoms with E-state index in [0.717, 1.165) is 18.4 Å². The van der Waals surface area contributed by atoms with Gasteiger partial charge in [-0.2, -0.15) is 13.2 Å². The van der Waals surface area contributed by atoms with Gasteiger partial charge in [-0.25, -0.2) is 0 Å². The highest BCUT2D eigenvalue weighted by atomic mass is 19.4. The van der Waals surface area contributed by atoms with Gasteiger partial charge in [0.1, 0.15) is 0 Å². The van der Waals surface area contributed by atoms with Crippen molar-refractivity contribution >= 4 is 6.08 Å². The Morgan fingerprint density at radius 3 is 2.50 bits per heavy atom. The molecule has 1 aliphatic carbocycles. The van der Waals surface area contributed by atoms with Crippen molar-refractivity contribution in [2.75, 3.05) is 0 Å². The summed E-state index contributed by atoms with van der Waals surface area (Å²) in [5.74, 6) is -1.39. The molecule has 1 atom stereocenters. The Morgan fingerprint density at radius 1 is 1.21 bits per heavy atom. The third-order valence-corrected chi connectivity index (χ3v) is 5.10.